The first kappa shape index (κ1) is 45.7. The zero-order valence-corrected chi connectivity index (χ0v) is 43.5. The minimum absolute atomic E-state index is 0.201. The fourth-order valence-electron chi connectivity index (χ4n) is 12.4. The molecule has 0 fully saturated rings. The van der Waals surface area contributed by atoms with Gasteiger partial charge in [-0.25, -0.2) is 0 Å². The number of nitrogens with zero attached hydrogens (tertiary/aromatic N) is 5. The van der Waals surface area contributed by atoms with Crippen LogP contribution in [0.4, 0.5) is 68.2 Å². The van der Waals surface area contributed by atoms with Crippen LogP contribution in [-0.2, 0) is 5.41 Å². The second-order valence-corrected chi connectivity index (χ2v) is 21.5. The zero-order chi connectivity index (χ0) is 52.1. The molecule has 1 aromatic heterocycles. The van der Waals surface area contributed by atoms with Crippen LogP contribution in [0.5, 0.6) is 23.3 Å². The maximum atomic E-state index is 7.34. The molecule has 370 valence electrons. The number of pyridine rings is 1. The molecular formula is C69H51B2N5O2. The topological polar surface area (TPSA) is 44.3 Å². The number of benzene rings is 10. The van der Waals surface area contributed by atoms with Crippen molar-refractivity contribution in [2.45, 2.75) is 26.2 Å². The number of rotatable bonds is 8. The first-order valence-electron chi connectivity index (χ1n) is 26.8. The standard InChI is InChI=1S/C69H51B2N5O2/c1-69(2,3)46-40-61-65-63(41-46)77-67-58(71(65)56-39-38-53(42-60(56)76(61)52-34-20-9-21-35-52)73(47-24-10-4-11-25-47)48-26-12-5-13-27-48)45-57-68(72-67)78-64-44-54(74(49-28-14-6-15-29-49)50-30-16-7-17-31-50)43-62-66(64)70(57)55-36-22-23-37-59(55)75(62)51-32-18-8-19-33-51/h4-45H,1-3H3. The van der Waals surface area contributed by atoms with Gasteiger partial charge in [-0.3, -0.25) is 0 Å². The Kier molecular flexibility index (Phi) is 10.5. The third-order valence-electron chi connectivity index (χ3n) is 15.9. The van der Waals surface area contributed by atoms with Gasteiger partial charge in [0.25, 0.3) is 13.4 Å². The number of hydrogen-bond acceptors (Lipinski definition) is 7. The summed E-state index contributed by atoms with van der Waals surface area (Å²) in [6.45, 7) is 6.37. The number of hydrogen-bond donors (Lipinski definition) is 0. The number of para-hydroxylation sites is 7. The van der Waals surface area contributed by atoms with Crippen LogP contribution in [0.15, 0.2) is 255 Å². The van der Waals surface area contributed by atoms with E-state index in [1.807, 2.05) is 0 Å². The van der Waals surface area contributed by atoms with E-state index in [1.165, 1.54) is 11.0 Å². The SMILES string of the molecule is CC(C)(C)c1cc2c3c(c1)N(c1ccccc1)c1cc(N(c4ccccc4)c4ccccc4)ccc1B3c1cc3c(nc1O2)Oc1cc(N(c2ccccc2)c2ccccc2)cc2c1B3c1ccccc1N2c1ccccc1. The van der Waals surface area contributed by atoms with E-state index >= 15 is 0 Å². The molecule has 0 N–H and O–H groups in total. The Bertz CT molecular complexity index is 4030. The van der Waals surface area contributed by atoms with Crippen molar-refractivity contribution in [3.8, 4) is 23.3 Å². The number of anilines is 12. The molecule has 0 aliphatic carbocycles. The van der Waals surface area contributed by atoms with Gasteiger partial charge in [0.15, 0.2) is 0 Å². The Morgan fingerprint density at radius 1 is 0.346 bits per heavy atom. The van der Waals surface area contributed by atoms with Crippen LogP contribution in [0.1, 0.15) is 26.3 Å². The summed E-state index contributed by atoms with van der Waals surface area (Å²) in [5, 5.41) is 0. The van der Waals surface area contributed by atoms with E-state index in [9.17, 15) is 0 Å². The van der Waals surface area contributed by atoms with Crippen LogP contribution in [-0.4, -0.2) is 18.4 Å². The third kappa shape index (κ3) is 7.33. The molecule has 0 saturated carbocycles. The van der Waals surface area contributed by atoms with Gasteiger partial charge < -0.3 is 29.1 Å². The normalized spacial score (nSPS) is 13.2. The molecule has 15 rings (SSSR count). The maximum absolute atomic E-state index is 7.34. The fourth-order valence-corrected chi connectivity index (χ4v) is 12.4. The summed E-state index contributed by atoms with van der Waals surface area (Å²) >= 11 is 0. The van der Waals surface area contributed by atoms with Crippen molar-refractivity contribution in [2.24, 2.45) is 0 Å². The Labute approximate surface area is 456 Å². The molecule has 0 atom stereocenters. The van der Waals surface area contributed by atoms with Crippen molar-refractivity contribution in [1.82, 2.24) is 4.98 Å². The molecule has 0 spiro atoms. The molecule has 78 heavy (non-hydrogen) atoms. The fraction of sp³-hybridized carbons (Fsp3) is 0.0580. The lowest BCUT2D eigenvalue weighted by Gasteiger charge is -2.42. The molecule has 5 heterocycles. The summed E-state index contributed by atoms with van der Waals surface area (Å²) < 4.78 is 14.6. The van der Waals surface area contributed by atoms with E-state index in [0.717, 1.165) is 107 Å². The van der Waals surface area contributed by atoms with Crippen LogP contribution in [0.25, 0.3) is 0 Å². The number of fused-ring (bicyclic) bond motifs is 8. The van der Waals surface area contributed by atoms with E-state index in [-0.39, 0.29) is 18.8 Å². The number of aromatic nitrogens is 1. The van der Waals surface area contributed by atoms with Crippen molar-refractivity contribution < 1.29 is 9.47 Å². The van der Waals surface area contributed by atoms with Crippen LogP contribution >= 0.6 is 0 Å². The Hall–Kier alpha value is -9.72. The predicted octanol–water partition coefficient (Wildman–Crippen LogP) is 14.1. The molecule has 11 aromatic rings. The highest BCUT2D eigenvalue weighted by Gasteiger charge is 2.48. The Morgan fingerprint density at radius 3 is 1.27 bits per heavy atom. The van der Waals surface area contributed by atoms with Crippen molar-refractivity contribution >= 4 is 114 Å². The second-order valence-electron chi connectivity index (χ2n) is 21.5. The van der Waals surface area contributed by atoms with Gasteiger partial charge in [-0.2, -0.15) is 4.98 Å². The molecular weight excluding hydrogens is 952 g/mol. The Balaban J connectivity index is 0.972. The molecule has 0 saturated heterocycles. The van der Waals surface area contributed by atoms with E-state index in [4.69, 9.17) is 14.5 Å². The molecule has 0 unspecified atom stereocenters. The van der Waals surface area contributed by atoms with Gasteiger partial charge in [-0.15, -0.1) is 0 Å². The largest absolute Gasteiger partial charge is 0.440 e. The van der Waals surface area contributed by atoms with Crippen LogP contribution < -0.4 is 61.9 Å². The molecule has 0 amide bonds. The molecule has 0 radical (unpaired) electrons. The molecule has 9 heteroatoms. The second kappa shape index (κ2) is 18.0. The van der Waals surface area contributed by atoms with Crippen molar-refractivity contribution in [2.75, 3.05) is 19.6 Å². The van der Waals surface area contributed by atoms with E-state index in [0.29, 0.717) is 11.8 Å². The van der Waals surface area contributed by atoms with E-state index in [1.54, 1.807) is 0 Å². The lowest BCUT2D eigenvalue weighted by atomic mass is 9.31. The monoisotopic (exact) mass is 1000 g/mol. The quantitative estimate of drug-likeness (QED) is 0.141. The minimum atomic E-state index is -0.232. The highest BCUT2D eigenvalue weighted by atomic mass is 16.5. The molecule has 0 bridgehead atoms. The average Bonchev–Trinajstić information content (AvgIpc) is 3.57. The van der Waals surface area contributed by atoms with E-state index in [2.05, 4.69) is 295 Å². The summed E-state index contributed by atoms with van der Waals surface area (Å²) in [7, 11) is 0. The maximum Gasteiger partial charge on any atom is 0.258 e. The van der Waals surface area contributed by atoms with Crippen LogP contribution in [0, 0.1) is 0 Å². The van der Waals surface area contributed by atoms with Gasteiger partial charge in [0.05, 0.1) is 5.69 Å². The number of ether oxygens (including phenoxy) is 2. The van der Waals surface area contributed by atoms with Crippen LogP contribution in [0.2, 0.25) is 0 Å². The summed E-state index contributed by atoms with van der Waals surface area (Å²) in [5.41, 5.74) is 20.2. The van der Waals surface area contributed by atoms with Crippen LogP contribution in [0.3, 0.4) is 0 Å². The minimum Gasteiger partial charge on any atom is -0.440 e. The summed E-state index contributed by atoms with van der Waals surface area (Å²) in [6, 6.07) is 91.3. The third-order valence-corrected chi connectivity index (χ3v) is 15.9. The average molecular weight is 1000 g/mol. The lowest BCUT2D eigenvalue weighted by molar-refractivity contribution is 0.431. The first-order chi connectivity index (χ1) is 38.3. The zero-order valence-electron chi connectivity index (χ0n) is 43.5. The summed E-state index contributed by atoms with van der Waals surface area (Å²) in [6.07, 6.45) is 0. The van der Waals surface area contributed by atoms with Gasteiger partial charge in [0.2, 0.25) is 11.8 Å². The summed E-state index contributed by atoms with van der Waals surface area (Å²) in [4.78, 5) is 15.1. The Morgan fingerprint density at radius 2 is 0.756 bits per heavy atom. The van der Waals surface area contributed by atoms with Gasteiger partial charge in [0.1, 0.15) is 11.5 Å². The van der Waals surface area contributed by atoms with Crippen molar-refractivity contribution in [3.05, 3.63) is 260 Å². The first-order valence-corrected chi connectivity index (χ1v) is 26.8. The van der Waals surface area contributed by atoms with Gasteiger partial charge in [-0.05, 0) is 153 Å². The van der Waals surface area contributed by atoms with E-state index < -0.39 is 0 Å². The van der Waals surface area contributed by atoms with Crippen molar-refractivity contribution in [1.29, 1.82) is 0 Å². The van der Waals surface area contributed by atoms with Gasteiger partial charge in [0, 0.05) is 68.6 Å². The smallest absolute Gasteiger partial charge is 0.258 e. The highest BCUT2D eigenvalue weighted by molar-refractivity contribution is 7.02. The molecule has 10 aromatic carbocycles. The summed E-state index contributed by atoms with van der Waals surface area (Å²) in [5.74, 6) is 2.64. The van der Waals surface area contributed by atoms with Gasteiger partial charge >= 0.3 is 0 Å². The van der Waals surface area contributed by atoms with Gasteiger partial charge in [-0.1, -0.05) is 160 Å². The molecule has 7 nitrogen and oxygen atoms in total. The molecule has 4 aliphatic heterocycles. The molecule has 4 aliphatic rings. The highest BCUT2D eigenvalue weighted by Crippen LogP contribution is 2.48. The van der Waals surface area contributed by atoms with Crippen molar-refractivity contribution in [3.63, 3.8) is 0 Å². The lowest BCUT2D eigenvalue weighted by Crippen LogP contribution is -2.63. The predicted molar refractivity (Wildman–Crippen MR) is 324 cm³/mol.